The van der Waals surface area contributed by atoms with Crippen LogP contribution in [0.1, 0.15) is 0 Å². The maximum absolute atomic E-state index is 8.49. The van der Waals surface area contributed by atoms with Gasteiger partial charge in [0.05, 0.1) is 0 Å². The van der Waals surface area contributed by atoms with E-state index in [9.17, 15) is 0 Å². The second-order valence-electron chi connectivity index (χ2n) is 3.40. The molecular formula is Cl9KO36WZr-4. The Labute approximate surface area is 354 Å². The summed E-state index contributed by atoms with van der Waals surface area (Å²) in [4.78, 5) is 0. The van der Waals surface area contributed by atoms with Crippen LogP contribution in [0, 0.1) is 92.2 Å². The molecule has 0 aliphatic rings. The molecule has 0 aromatic heterocycles. The molecule has 0 saturated carbocycles. The summed E-state index contributed by atoms with van der Waals surface area (Å²) in [5.74, 6) is 0. The summed E-state index contributed by atoms with van der Waals surface area (Å²) in [6, 6.07) is 0. The first kappa shape index (κ1) is 84.8. The van der Waals surface area contributed by atoms with Gasteiger partial charge in [0.1, 0.15) is 0 Å². The van der Waals surface area contributed by atoms with Gasteiger partial charge in [-0.2, -0.15) is 0 Å². The van der Waals surface area contributed by atoms with Crippen LogP contribution in [0.2, 0.25) is 0 Å². The topological polar surface area (TPSA) is 830 Å². The molecule has 294 valence electrons. The van der Waals surface area contributed by atoms with E-state index in [-0.39, 0.29) is 98.7 Å². The van der Waals surface area contributed by atoms with Crippen molar-refractivity contribution < 1.29 is 359 Å². The second-order valence-corrected chi connectivity index (χ2v) is 10.2. The quantitative estimate of drug-likeness (QED) is 0.203. The Morgan fingerprint density at radius 1 is 0.146 bits per heavy atom. The van der Waals surface area contributed by atoms with Crippen molar-refractivity contribution in [3.8, 4) is 0 Å². The third-order valence-corrected chi connectivity index (χ3v) is 0. The standard InChI is InChI=1S/9ClHO4.K.W.Zr/c9*2-1(3,4)5;;;/h9*(H,2,3,4,5);;;/q;;;;;;;;;+1;;+4/p-9. The molecule has 0 spiro atoms. The first-order valence-corrected chi connectivity index (χ1v) is 16.7. The molecule has 0 aromatic carbocycles. The number of halogens is 9. The average molecular weight is 1210 g/mol. The van der Waals surface area contributed by atoms with Crippen LogP contribution in [0.25, 0.3) is 0 Å². The Morgan fingerprint density at radius 2 is 0.146 bits per heavy atom. The summed E-state index contributed by atoms with van der Waals surface area (Å²) >= 11 is 0. The van der Waals surface area contributed by atoms with Gasteiger partial charge in [0.25, 0.3) is 0 Å². The summed E-state index contributed by atoms with van der Waals surface area (Å²) in [6.45, 7) is 0. The maximum Gasteiger partial charge on any atom is 4.00 e. The summed E-state index contributed by atoms with van der Waals surface area (Å²) in [5.41, 5.74) is 0. The molecule has 48 heavy (non-hydrogen) atoms. The molecule has 0 rings (SSSR count). The Hall–Kier alpha value is 4.38. The molecule has 0 aliphatic heterocycles. The van der Waals surface area contributed by atoms with Crippen molar-refractivity contribution in [3.63, 3.8) is 0 Å². The predicted octanol–water partition coefficient (Wildman–Crippen LogP) is -45.8. The van der Waals surface area contributed by atoms with Crippen molar-refractivity contribution in [1.29, 1.82) is 0 Å². The first-order valence-electron chi connectivity index (χ1n) is 5.55. The third-order valence-electron chi connectivity index (χ3n) is 0. The minimum atomic E-state index is -4.94. The summed E-state index contributed by atoms with van der Waals surface area (Å²) < 4.78 is 306. The Morgan fingerprint density at radius 3 is 0.146 bits per heavy atom. The van der Waals surface area contributed by atoms with Crippen LogP contribution < -0.4 is 219 Å². The van der Waals surface area contributed by atoms with Crippen LogP contribution in [0.3, 0.4) is 0 Å². The van der Waals surface area contributed by atoms with Crippen molar-refractivity contribution in [3.05, 3.63) is 0 Å². The largest absolute Gasteiger partial charge is 4.00 e. The number of hydrogen-bond donors (Lipinski definition) is 0. The van der Waals surface area contributed by atoms with E-state index in [0.717, 1.165) is 0 Å². The van der Waals surface area contributed by atoms with Gasteiger partial charge in [-0.3, -0.25) is 0 Å². The van der Waals surface area contributed by atoms with E-state index in [4.69, 9.17) is 168 Å². The Kier molecular flexibility index (Phi) is 67.6. The van der Waals surface area contributed by atoms with Crippen LogP contribution in [-0.4, -0.2) is 0 Å². The molecule has 0 saturated heterocycles. The van der Waals surface area contributed by atoms with Crippen molar-refractivity contribution in [2.24, 2.45) is 0 Å². The van der Waals surface area contributed by atoms with Crippen molar-refractivity contribution in [1.82, 2.24) is 0 Å². The molecule has 0 fully saturated rings. The van der Waals surface area contributed by atoms with E-state index < -0.39 is 92.2 Å². The number of hydrogen-bond acceptors (Lipinski definition) is 36. The molecule has 0 aromatic rings. The van der Waals surface area contributed by atoms with Gasteiger partial charge in [0, 0.05) is 21.1 Å². The average Bonchev–Trinajstić information content (AvgIpc) is 2.26. The molecule has 48 heteroatoms. The van der Waals surface area contributed by atoms with Crippen molar-refractivity contribution >= 4 is 0 Å². The van der Waals surface area contributed by atoms with Crippen LogP contribution in [-0.2, 0) is 47.3 Å². The van der Waals surface area contributed by atoms with Crippen molar-refractivity contribution in [2.45, 2.75) is 0 Å². The molecule has 0 N–H and O–H groups in total. The second kappa shape index (κ2) is 38.3. The zero-order valence-corrected chi connectivity index (χ0v) is 35.3. The van der Waals surface area contributed by atoms with Gasteiger partial charge < -0.3 is 0 Å². The Bertz CT molecular complexity index is 364. The minimum Gasteiger partial charge on any atom is -0.222 e. The van der Waals surface area contributed by atoms with Crippen LogP contribution in [0.4, 0.5) is 0 Å². The van der Waals surface area contributed by atoms with Crippen LogP contribution in [0.5, 0.6) is 0 Å². The molecule has 0 atom stereocenters. The normalized spacial score (nSPS) is 11.2. The van der Waals surface area contributed by atoms with Gasteiger partial charge in [0.2, 0.25) is 0 Å². The van der Waals surface area contributed by atoms with Crippen LogP contribution in [0.15, 0.2) is 0 Å². The van der Waals surface area contributed by atoms with Gasteiger partial charge in [-0.25, -0.2) is 168 Å². The summed E-state index contributed by atoms with van der Waals surface area (Å²) in [7, 11) is -44.5. The van der Waals surface area contributed by atoms with E-state index >= 15 is 0 Å². The smallest absolute Gasteiger partial charge is 0.222 e. The Balaban J connectivity index is -0.0000000301. The summed E-state index contributed by atoms with van der Waals surface area (Å²) in [6.07, 6.45) is 0. The fourth-order valence-corrected chi connectivity index (χ4v) is 0. The van der Waals surface area contributed by atoms with Gasteiger partial charge in [-0.15, -0.1) is 92.2 Å². The van der Waals surface area contributed by atoms with Gasteiger partial charge in [0.15, 0.2) is 0 Å². The molecule has 0 unspecified atom stereocenters. The molecular weight excluding hydrogens is 1210 g/mol. The van der Waals surface area contributed by atoms with Crippen LogP contribution >= 0.6 is 0 Å². The van der Waals surface area contributed by atoms with Gasteiger partial charge in [-0.05, 0) is 0 Å². The fourth-order valence-electron chi connectivity index (χ4n) is 0. The van der Waals surface area contributed by atoms with E-state index in [1.165, 1.54) is 0 Å². The van der Waals surface area contributed by atoms with E-state index in [1.54, 1.807) is 0 Å². The van der Waals surface area contributed by atoms with Gasteiger partial charge in [-0.1, -0.05) is 0 Å². The predicted molar refractivity (Wildman–Crippen MR) is 0 cm³/mol. The monoisotopic (exact) mass is 1200 g/mol. The first-order chi connectivity index (χ1) is 18.0. The molecule has 0 bridgehead atoms. The molecule has 0 aliphatic carbocycles. The molecule has 0 amide bonds. The molecule has 0 radical (unpaired) electrons. The fraction of sp³-hybridized carbons (Fsp3) is 0. The summed E-state index contributed by atoms with van der Waals surface area (Å²) in [5, 5.41) is 0. The van der Waals surface area contributed by atoms with E-state index in [1.807, 2.05) is 0 Å². The molecule has 36 nitrogen and oxygen atoms in total. The molecule has 0 heterocycles. The minimum absolute atomic E-state index is 0. The third kappa shape index (κ3) is 6410. The maximum atomic E-state index is 8.49. The van der Waals surface area contributed by atoms with Gasteiger partial charge >= 0.3 is 77.6 Å². The zero-order chi connectivity index (χ0) is 40.5. The zero-order valence-electron chi connectivity index (χ0n) is 20.0. The van der Waals surface area contributed by atoms with E-state index in [2.05, 4.69) is 0 Å². The number of rotatable bonds is 0. The van der Waals surface area contributed by atoms with E-state index in [0.29, 0.717) is 0 Å². The van der Waals surface area contributed by atoms with Crippen molar-refractivity contribution in [2.75, 3.05) is 0 Å². The SMILES string of the molecule is [K+].[O-][Cl+3]([O-])([O-])[O-].[O-][Cl+3]([O-])([O-])[O-].[O-][Cl+3]([O-])([O-])[O-].[O-][Cl+3]([O-])([O-])[O-].[O-][Cl+3]([O-])([O-])[O-].[O-][Cl+3]([O-])([O-])[O-].[O-][Cl+3]([O-])([O-])[O-].[O-][Cl+3]([O-])([O-])[O-].[O-][Cl+3]([O-])([O-])[O-].[W].[Zr+4].